The van der Waals surface area contributed by atoms with E-state index < -0.39 is 0 Å². The minimum Gasteiger partial charge on any atom is -0.303 e. The van der Waals surface area contributed by atoms with Gasteiger partial charge in [0.25, 0.3) is 0 Å². The predicted molar refractivity (Wildman–Crippen MR) is 56.7 cm³/mol. The Kier molecular flexibility index (Phi) is 2.39. The number of piperidine rings is 1. The summed E-state index contributed by atoms with van der Waals surface area (Å²) in [6, 6.07) is 0. The van der Waals surface area contributed by atoms with Gasteiger partial charge in [0.2, 0.25) is 0 Å². The van der Waals surface area contributed by atoms with Crippen molar-refractivity contribution in [1.82, 2.24) is 4.90 Å². The molecule has 0 aromatic carbocycles. The van der Waals surface area contributed by atoms with E-state index in [0.29, 0.717) is 5.41 Å². The van der Waals surface area contributed by atoms with E-state index in [4.69, 9.17) is 0 Å². The maximum absolute atomic E-state index is 2.68. The molecule has 1 aliphatic carbocycles. The highest BCUT2D eigenvalue weighted by Crippen LogP contribution is 2.40. The maximum Gasteiger partial charge on any atom is 0.00302 e. The molecular formula is C12H23N. The van der Waals surface area contributed by atoms with Gasteiger partial charge >= 0.3 is 0 Å². The zero-order chi connectivity index (χ0) is 9.47. The van der Waals surface area contributed by atoms with Crippen LogP contribution in [0.25, 0.3) is 0 Å². The van der Waals surface area contributed by atoms with Gasteiger partial charge in [-0.25, -0.2) is 0 Å². The molecule has 76 valence electrons. The van der Waals surface area contributed by atoms with Crippen molar-refractivity contribution in [3.05, 3.63) is 0 Å². The van der Waals surface area contributed by atoms with Gasteiger partial charge in [-0.2, -0.15) is 0 Å². The van der Waals surface area contributed by atoms with Crippen molar-refractivity contribution >= 4 is 0 Å². The summed E-state index contributed by atoms with van der Waals surface area (Å²) in [5.41, 5.74) is 0.483. The number of hydrogen-bond acceptors (Lipinski definition) is 1. The standard InChI is InChI=1S/C12H23N/c1-12(2,3)9-13-7-6-10-4-5-11(10)8-13/h10-11H,4-9H2,1-3H3. The third kappa shape index (κ3) is 2.25. The van der Waals surface area contributed by atoms with E-state index in [1.54, 1.807) is 0 Å². The average molecular weight is 181 g/mol. The van der Waals surface area contributed by atoms with Crippen LogP contribution >= 0.6 is 0 Å². The monoisotopic (exact) mass is 181 g/mol. The SMILES string of the molecule is CC(C)(C)CN1CCC2CCC2C1. The first-order valence-electron chi connectivity index (χ1n) is 5.77. The summed E-state index contributed by atoms with van der Waals surface area (Å²) in [6.07, 6.45) is 4.50. The summed E-state index contributed by atoms with van der Waals surface area (Å²) in [5, 5.41) is 0. The Morgan fingerprint density at radius 3 is 2.23 bits per heavy atom. The number of hydrogen-bond donors (Lipinski definition) is 0. The zero-order valence-electron chi connectivity index (χ0n) is 9.34. The van der Waals surface area contributed by atoms with Crippen LogP contribution in [0.1, 0.15) is 40.0 Å². The van der Waals surface area contributed by atoms with E-state index in [2.05, 4.69) is 25.7 Å². The van der Waals surface area contributed by atoms with E-state index >= 15 is 0 Å². The summed E-state index contributed by atoms with van der Waals surface area (Å²) in [7, 11) is 0. The number of likely N-dealkylation sites (tertiary alicyclic amines) is 1. The zero-order valence-corrected chi connectivity index (χ0v) is 9.34. The van der Waals surface area contributed by atoms with E-state index in [9.17, 15) is 0 Å². The van der Waals surface area contributed by atoms with Crippen LogP contribution in [-0.2, 0) is 0 Å². The lowest BCUT2D eigenvalue weighted by Gasteiger charge is -2.46. The topological polar surface area (TPSA) is 3.24 Å². The molecule has 2 unspecified atom stereocenters. The van der Waals surface area contributed by atoms with Gasteiger partial charge < -0.3 is 4.90 Å². The molecule has 1 heteroatoms. The first kappa shape index (κ1) is 9.51. The molecule has 0 radical (unpaired) electrons. The summed E-state index contributed by atoms with van der Waals surface area (Å²) in [4.78, 5) is 2.68. The molecule has 1 aliphatic heterocycles. The Morgan fingerprint density at radius 1 is 1.08 bits per heavy atom. The Balaban J connectivity index is 1.81. The highest BCUT2D eigenvalue weighted by molar-refractivity contribution is 4.88. The van der Waals surface area contributed by atoms with Gasteiger partial charge in [0.1, 0.15) is 0 Å². The molecule has 1 saturated heterocycles. The molecule has 0 aromatic rings. The van der Waals surface area contributed by atoms with E-state index in [1.165, 1.54) is 38.9 Å². The maximum atomic E-state index is 2.68. The molecule has 0 aromatic heterocycles. The molecule has 2 atom stereocenters. The minimum atomic E-state index is 0.483. The molecule has 0 spiro atoms. The van der Waals surface area contributed by atoms with Gasteiger partial charge in [0.05, 0.1) is 0 Å². The number of fused-ring (bicyclic) bond motifs is 1. The Hall–Kier alpha value is -0.0400. The molecule has 0 amide bonds. The molecule has 13 heavy (non-hydrogen) atoms. The van der Waals surface area contributed by atoms with Crippen LogP contribution in [0.2, 0.25) is 0 Å². The smallest absolute Gasteiger partial charge is 0.00302 e. The van der Waals surface area contributed by atoms with Gasteiger partial charge in [-0.3, -0.25) is 0 Å². The summed E-state index contributed by atoms with van der Waals surface area (Å²) in [6.45, 7) is 11.1. The van der Waals surface area contributed by atoms with Crippen LogP contribution in [0.5, 0.6) is 0 Å². The second-order valence-electron chi connectivity index (χ2n) is 6.18. The first-order valence-corrected chi connectivity index (χ1v) is 5.77. The van der Waals surface area contributed by atoms with Crippen LogP contribution in [0.3, 0.4) is 0 Å². The van der Waals surface area contributed by atoms with Crippen molar-refractivity contribution in [2.24, 2.45) is 17.3 Å². The average Bonchev–Trinajstić information content (AvgIpc) is 1.92. The number of rotatable bonds is 1. The Morgan fingerprint density at radius 2 is 1.77 bits per heavy atom. The summed E-state index contributed by atoms with van der Waals surface area (Å²) < 4.78 is 0. The van der Waals surface area contributed by atoms with Gasteiger partial charge in [0.15, 0.2) is 0 Å². The van der Waals surface area contributed by atoms with Crippen molar-refractivity contribution in [2.45, 2.75) is 40.0 Å². The predicted octanol–water partition coefficient (Wildman–Crippen LogP) is 2.76. The van der Waals surface area contributed by atoms with Crippen molar-refractivity contribution in [1.29, 1.82) is 0 Å². The largest absolute Gasteiger partial charge is 0.303 e. The van der Waals surface area contributed by atoms with Crippen molar-refractivity contribution < 1.29 is 0 Å². The van der Waals surface area contributed by atoms with Gasteiger partial charge in [-0.15, -0.1) is 0 Å². The second kappa shape index (κ2) is 3.27. The normalized spacial score (nSPS) is 35.3. The van der Waals surface area contributed by atoms with Crippen molar-refractivity contribution in [3.63, 3.8) is 0 Å². The van der Waals surface area contributed by atoms with Gasteiger partial charge in [-0.05, 0) is 43.1 Å². The van der Waals surface area contributed by atoms with Crippen LogP contribution in [0.15, 0.2) is 0 Å². The molecule has 1 nitrogen and oxygen atoms in total. The molecule has 0 N–H and O–H groups in total. The third-order valence-corrected chi connectivity index (χ3v) is 3.58. The fourth-order valence-corrected chi connectivity index (χ4v) is 2.84. The second-order valence-corrected chi connectivity index (χ2v) is 6.18. The van der Waals surface area contributed by atoms with Crippen molar-refractivity contribution in [2.75, 3.05) is 19.6 Å². The van der Waals surface area contributed by atoms with Crippen LogP contribution in [0, 0.1) is 17.3 Å². The Labute approximate surface area is 82.5 Å². The van der Waals surface area contributed by atoms with Gasteiger partial charge in [-0.1, -0.05) is 20.8 Å². The molecule has 2 fully saturated rings. The lowest BCUT2D eigenvalue weighted by atomic mass is 9.69. The highest BCUT2D eigenvalue weighted by atomic mass is 15.1. The molecular weight excluding hydrogens is 158 g/mol. The summed E-state index contributed by atoms with van der Waals surface area (Å²) in [5.74, 6) is 2.17. The Bertz CT molecular complexity index is 180. The van der Waals surface area contributed by atoms with E-state index in [0.717, 1.165) is 11.8 Å². The fraction of sp³-hybridized carbons (Fsp3) is 1.00. The molecule has 1 saturated carbocycles. The van der Waals surface area contributed by atoms with Crippen molar-refractivity contribution in [3.8, 4) is 0 Å². The van der Waals surface area contributed by atoms with E-state index in [-0.39, 0.29) is 0 Å². The first-order chi connectivity index (χ1) is 6.04. The fourth-order valence-electron chi connectivity index (χ4n) is 2.84. The minimum absolute atomic E-state index is 0.483. The summed E-state index contributed by atoms with van der Waals surface area (Å²) >= 11 is 0. The molecule has 2 aliphatic rings. The molecule has 0 bridgehead atoms. The number of nitrogens with zero attached hydrogens (tertiary/aromatic N) is 1. The van der Waals surface area contributed by atoms with Gasteiger partial charge in [0, 0.05) is 13.1 Å². The van der Waals surface area contributed by atoms with Crippen LogP contribution in [-0.4, -0.2) is 24.5 Å². The third-order valence-electron chi connectivity index (χ3n) is 3.58. The molecule has 2 rings (SSSR count). The quantitative estimate of drug-likeness (QED) is 0.601. The van der Waals surface area contributed by atoms with E-state index in [1.807, 2.05) is 0 Å². The van der Waals surface area contributed by atoms with Crippen LogP contribution < -0.4 is 0 Å². The lowest BCUT2D eigenvalue weighted by Crippen LogP contribution is -2.47. The van der Waals surface area contributed by atoms with Crippen LogP contribution in [0.4, 0.5) is 0 Å². The lowest BCUT2D eigenvalue weighted by molar-refractivity contribution is 0.0301. The highest BCUT2D eigenvalue weighted by Gasteiger charge is 2.36. The molecule has 1 heterocycles.